The van der Waals surface area contributed by atoms with E-state index >= 15 is 0 Å². The Kier molecular flexibility index (Phi) is 7.52. The maximum Gasteiger partial charge on any atom is 0.189 e. The number of methoxy groups -OCH3 is 2. The first kappa shape index (κ1) is 21.5. The molecule has 0 aliphatic heterocycles. The normalized spacial score (nSPS) is 27.7. The lowest BCUT2D eigenvalue weighted by Gasteiger charge is -2.33. The second kappa shape index (κ2) is 9.43. The van der Waals surface area contributed by atoms with Crippen molar-refractivity contribution in [1.29, 1.82) is 0 Å². The molecule has 0 amide bonds. The zero-order valence-electron chi connectivity index (χ0n) is 18.0. The zero-order chi connectivity index (χ0) is 20.0. The van der Waals surface area contributed by atoms with Crippen LogP contribution in [0.4, 0.5) is 0 Å². The van der Waals surface area contributed by atoms with Crippen LogP contribution in [0.2, 0.25) is 0 Å². The molecule has 150 valence electrons. The van der Waals surface area contributed by atoms with Gasteiger partial charge in [0.25, 0.3) is 0 Å². The molecule has 0 bridgehead atoms. The SMILES string of the molecule is CCC1(C)CCC/C(CC(C)C)=C/C=C\1C(=O)C1=C(OC)CC(OC)=CC1. The summed E-state index contributed by atoms with van der Waals surface area (Å²) in [6.07, 6.45) is 12.8. The number of ketones is 1. The van der Waals surface area contributed by atoms with E-state index in [1.54, 1.807) is 14.2 Å². The third-order valence-electron chi connectivity index (χ3n) is 6.05. The molecular weight excluding hydrogens is 336 g/mol. The Morgan fingerprint density at radius 1 is 1.22 bits per heavy atom. The molecule has 3 nitrogen and oxygen atoms in total. The number of hydrogen-bond donors (Lipinski definition) is 0. The van der Waals surface area contributed by atoms with Gasteiger partial charge in [-0.3, -0.25) is 4.79 Å². The average molecular weight is 373 g/mol. The van der Waals surface area contributed by atoms with Crippen molar-refractivity contribution < 1.29 is 14.3 Å². The lowest BCUT2D eigenvalue weighted by Crippen LogP contribution is -2.27. The van der Waals surface area contributed by atoms with Gasteiger partial charge in [-0.2, -0.15) is 0 Å². The Balaban J connectivity index is 2.42. The summed E-state index contributed by atoms with van der Waals surface area (Å²) in [5.41, 5.74) is 3.08. The molecule has 0 fully saturated rings. The highest BCUT2D eigenvalue weighted by molar-refractivity contribution is 6.10. The van der Waals surface area contributed by atoms with Crippen molar-refractivity contribution >= 4 is 5.78 Å². The Morgan fingerprint density at radius 2 is 1.96 bits per heavy atom. The number of carbonyl (C=O) groups excluding carboxylic acids is 1. The fraction of sp³-hybridized carbons (Fsp3) is 0.625. The molecule has 0 saturated carbocycles. The van der Waals surface area contributed by atoms with Crippen LogP contribution < -0.4 is 0 Å². The largest absolute Gasteiger partial charge is 0.501 e. The fourth-order valence-corrected chi connectivity index (χ4v) is 4.14. The standard InChI is InChI=1S/C24H36O3/c1-7-24(4)14-8-9-18(15-17(2)3)10-13-21(24)23(25)20-12-11-19(26-5)16-22(20)27-6/h10-11,13,17H,7-9,12,14-16H2,1-6H3/b18-10-,21-13-. The molecule has 1 unspecified atom stereocenters. The highest BCUT2D eigenvalue weighted by atomic mass is 16.5. The highest BCUT2D eigenvalue weighted by Gasteiger charge is 2.35. The Bertz CT molecular complexity index is 676. The Hall–Kier alpha value is -1.77. The van der Waals surface area contributed by atoms with Crippen LogP contribution in [-0.2, 0) is 14.3 Å². The van der Waals surface area contributed by atoms with E-state index < -0.39 is 0 Å². The van der Waals surface area contributed by atoms with Gasteiger partial charge < -0.3 is 9.47 Å². The summed E-state index contributed by atoms with van der Waals surface area (Å²) in [6, 6.07) is 0. The van der Waals surface area contributed by atoms with Crippen molar-refractivity contribution in [2.75, 3.05) is 14.2 Å². The van der Waals surface area contributed by atoms with E-state index in [4.69, 9.17) is 9.47 Å². The van der Waals surface area contributed by atoms with E-state index in [2.05, 4.69) is 39.8 Å². The quantitative estimate of drug-likeness (QED) is 0.527. The maximum absolute atomic E-state index is 13.6. The van der Waals surface area contributed by atoms with Crippen LogP contribution in [0.25, 0.3) is 0 Å². The van der Waals surface area contributed by atoms with Gasteiger partial charge in [-0.05, 0) is 49.5 Å². The summed E-state index contributed by atoms with van der Waals surface area (Å²) in [6.45, 7) is 8.94. The van der Waals surface area contributed by atoms with Crippen LogP contribution >= 0.6 is 0 Å². The van der Waals surface area contributed by atoms with Crippen LogP contribution in [0.1, 0.15) is 72.6 Å². The number of carbonyl (C=O) groups is 1. The van der Waals surface area contributed by atoms with Gasteiger partial charge in [0.15, 0.2) is 5.78 Å². The summed E-state index contributed by atoms with van der Waals surface area (Å²) >= 11 is 0. The van der Waals surface area contributed by atoms with Crippen molar-refractivity contribution in [3.05, 3.63) is 46.5 Å². The number of hydrogen-bond acceptors (Lipinski definition) is 3. The van der Waals surface area contributed by atoms with Crippen LogP contribution in [0.3, 0.4) is 0 Å². The van der Waals surface area contributed by atoms with Crippen LogP contribution in [0.15, 0.2) is 46.5 Å². The summed E-state index contributed by atoms with van der Waals surface area (Å²) in [7, 11) is 3.31. The monoisotopic (exact) mass is 372 g/mol. The first-order valence-electron chi connectivity index (χ1n) is 10.3. The Morgan fingerprint density at radius 3 is 2.56 bits per heavy atom. The maximum atomic E-state index is 13.6. The molecule has 0 spiro atoms. The molecule has 0 aromatic rings. The lowest BCUT2D eigenvalue weighted by atomic mass is 9.70. The molecule has 0 N–H and O–H groups in total. The van der Waals surface area contributed by atoms with Crippen molar-refractivity contribution in [3.8, 4) is 0 Å². The van der Waals surface area contributed by atoms with Crippen molar-refractivity contribution in [2.45, 2.75) is 72.6 Å². The van der Waals surface area contributed by atoms with Gasteiger partial charge in [-0.25, -0.2) is 0 Å². The number of rotatable bonds is 7. The van der Waals surface area contributed by atoms with Gasteiger partial charge in [-0.15, -0.1) is 0 Å². The minimum absolute atomic E-state index is 0.0892. The first-order valence-corrected chi connectivity index (χ1v) is 10.3. The van der Waals surface area contributed by atoms with E-state index in [9.17, 15) is 4.79 Å². The minimum atomic E-state index is -0.0892. The first-order chi connectivity index (χ1) is 12.8. The third-order valence-corrected chi connectivity index (χ3v) is 6.05. The molecule has 27 heavy (non-hydrogen) atoms. The molecule has 2 rings (SSSR count). The van der Waals surface area contributed by atoms with Gasteiger partial charge in [0.2, 0.25) is 0 Å². The van der Waals surface area contributed by atoms with Crippen LogP contribution in [-0.4, -0.2) is 20.0 Å². The molecule has 3 heteroatoms. The van der Waals surface area contributed by atoms with E-state index in [1.165, 1.54) is 5.57 Å². The predicted molar refractivity (Wildman–Crippen MR) is 111 cm³/mol. The second-order valence-electron chi connectivity index (χ2n) is 8.46. The summed E-state index contributed by atoms with van der Waals surface area (Å²) in [5, 5.41) is 0. The third kappa shape index (κ3) is 5.15. The molecule has 0 radical (unpaired) electrons. The van der Waals surface area contributed by atoms with E-state index in [1.807, 2.05) is 6.08 Å². The van der Waals surface area contributed by atoms with E-state index in [0.717, 1.165) is 54.8 Å². The summed E-state index contributed by atoms with van der Waals surface area (Å²) in [5.74, 6) is 2.39. The van der Waals surface area contributed by atoms with Gasteiger partial charge in [0.05, 0.1) is 26.4 Å². The predicted octanol–water partition coefficient (Wildman–Crippen LogP) is 6.28. The molecule has 0 aromatic heterocycles. The average Bonchev–Trinajstić information content (AvgIpc) is 2.65. The van der Waals surface area contributed by atoms with Gasteiger partial charge in [-0.1, -0.05) is 45.4 Å². The molecule has 1 atom stereocenters. The van der Waals surface area contributed by atoms with Gasteiger partial charge in [0, 0.05) is 17.6 Å². The molecule has 2 aliphatic carbocycles. The number of Topliss-reactive ketones (excluding diaryl/α,β-unsaturated/α-hetero) is 1. The minimum Gasteiger partial charge on any atom is -0.501 e. The number of ether oxygens (including phenoxy) is 2. The van der Waals surface area contributed by atoms with Gasteiger partial charge >= 0.3 is 0 Å². The molecule has 0 saturated heterocycles. The smallest absolute Gasteiger partial charge is 0.189 e. The molecular formula is C24H36O3. The van der Waals surface area contributed by atoms with Crippen molar-refractivity contribution in [1.82, 2.24) is 0 Å². The lowest BCUT2D eigenvalue weighted by molar-refractivity contribution is -0.113. The van der Waals surface area contributed by atoms with Gasteiger partial charge in [0.1, 0.15) is 5.76 Å². The molecule has 0 heterocycles. The second-order valence-corrected chi connectivity index (χ2v) is 8.46. The van der Waals surface area contributed by atoms with E-state index in [-0.39, 0.29) is 11.2 Å². The zero-order valence-corrected chi connectivity index (χ0v) is 18.0. The van der Waals surface area contributed by atoms with Crippen LogP contribution in [0.5, 0.6) is 0 Å². The van der Waals surface area contributed by atoms with Crippen LogP contribution in [0, 0.1) is 11.3 Å². The fourth-order valence-electron chi connectivity index (χ4n) is 4.14. The topological polar surface area (TPSA) is 35.5 Å². The van der Waals surface area contributed by atoms with Crippen molar-refractivity contribution in [3.63, 3.8) is 0 Å². The van der Waals surface area contributed by atoms with Crippen molar-refractivity contribution in [2.24, 2.45) is 11.3 Å². The molecule has 0 aromatic carbocycles. The number of allylic oxidation sites excluding steroid dienone is 6. The summed E-state index contributed by atoms with van der Waals surface area (Å²) < 4.78 is 10.9. The molecule has 2 aliphatic rings. The van der Waals surface area contributed by atoms with E-state index in [0.29, 0.717) is 18.8 Å². The summed E-state index contributed by atoms with van der Waals surface area (Å²) in [4.78, 5) is 13.6. The Labute approximate surface area is 165 Å². The highest BCUT2D eigenvalue weighted by Crippen LogP contribution is 2.42.